The Morgan fingerprint density at radius 1 is 1.16 bits per heavy atom. The molecule has 0 saturated heterocycles. The lowest BCUT2D eigenvalue weighted by Crippen LogP contribution is -2.14. The van der Waals surface area contributed by atoms with Gasteiger partial charge in [-0.25, -0.2) is 8.42 Å². The number of nitrogens with two attached hydrogens (primary N) is 1. The number of nitrogens with one attached hydrogen (secondary N) is 1. The Morgan fingerprint density at radius 3 is 2.58 bits per heavy atom. The first-order valence-corrected chi connectivity index (χ1v) is 7.39. The standard InChI is InChI=1S/C13H13ClN2O2S/c1-9-5-6-11(15)8-13(9)19(17,18)16-12-4-2-3-10(14)7-12/h2-8,16H,15H2,1H3. The van der Waals surface area contributed by atoms with Gasteiger partial charge in [0.1, 0.15) is 0 Å². The molecule has 0 aromatic heterocycles. The Labute approximate surface area is 117 Å². The van der Waals surface area contributed by atoms with Gasteiger partial charge < -0.3 is 5.73 Å². The van der Waals surface area contributed by atoms with Gasteiger partial charge in [-0.15, -0.1) is 0 Å². The normalized spacial score (nSPS) is 11.3. The summed E-state index contributed by atoms with van der Waals surface area (Å²) in [6.07, 6.45) is 0. The lowest BCUT2D eigenvalue weighted by atomic mass is 10.2. The molecule has 0 heterocycles. The molecule has 100 valence electrons. The van der Waals surface area contributed by atoms with Crippen LogP contribution < -0.4 is 10.5 Å². The molecule has 0 spiro atoms. The largest absolute Gasteiger partial charge is 0.399 e. The van der Waals surface area contributed by atoms with Crippen LogP contribution in [0.3, 0.4) is 0 Å². The summed E-state index contributed by atoms with van der Waals surface area (Å²) in [7, 11) is -3.67. The van der Waals surface area contributed by atoms with Gasteiger partial charge in [-0.1, -0.05) is 23.7 Å². The van der Waals surface area contributed by atoms with Crippen LogP contribution in [0.15, 0.2) is 47.4 Å². The highest BCUT2D eigenvalue weighted by Crippen LogP contribution is 2.23. The molecule has 0 fully saturated rings. The first-order chi connectivity index (χ1) is 8.88. The van der Waals surface area contributed by atoms with Crippen LogP contribution in [0.2, 0.25) is 5.02 Å². The summed E-state index contributed by atoms with van der Waals surface area (Å²) >= 11 is 5.82. The second-order valence-corrected chi connectivity index (χ2v) is 6.23. The van der Waals surface area contributed by atoms with Gasteiger partial charge in [-0.2, -0.15) is 0 Å². The van der Waals surface area contributed by atoms with E-state index in [1.165, 1.54) is 6.07 Å². The number of hydrogen-bond donors (Lipinski definition) is 2. The molecule has 0 unspecified atom stereocenters. The highest BCUT2D eigenvalue weighted by molar-refractivity contribution is 7.92. The van der Waals surface area contributed by atoms with Gasteiger partial charge in [0.2, 0.25) is 0 Å². The van der Waals surface area contributed by atoms with Gasteiger partial charge in [-0.05, 0) is 42.8 Å². The summed E-state index contributed by atoms with van der Waals surface area (Å²) in [6, 6.07) is 11.3. The average Bonchev–Trinajstić information content (AvgIpc) is 2.31. The monoisotopic (exact) mass is 296 g/mol. The molecule has 0 radical (unpaired) electrons. The van der Waals surface area contributed by atoms with Crippen LogP contribution in [-0.4, -0.2) is 8.42 Å². The summed E-state index contributed by atoms with van der Waals surface area (Å²) in [6.45, 7) is 1.71. The third kappa shape index (κ3) is 3.19. The molecule has 0 aliphatic rings. The first-order valence-electron chi connectivity index (χ1n) is 5.53. The van der Waals surface area contributed by atoms with Crippen LogP contribution in [0.5, 0.6) is 0 Å². The lowest BCUT2D eigenvalue weighted by Gasteiger charge is -2.11. The predicted molar refractivity (Wildman–Crippen MR) is 77.9 cm³/mol. The minimum Gasteiger partial charge on any atom is -0.399 e. The van der Waals surface area contributed by atoms with E-state index in [2.05, 4.69) is 4.72 Å². The molecule has 2 aromatic carbocycles. The molecule has 19 heavy (non-hydrogen) atoms. The van der Waals surface area contributed by atoms with Crippen LogP contribution in [0.25, 0.3) is 0 Å². The maximum Gasteiger partial charge on any atom is 0.262 e. The zero-order valence-corrected chi connectivity index (χ0v) is 11.8. The Bertz CT molecular complexity index is 714. The molecule has 3 N–H and O–H groups in total. The number of sulfonamides is 1. The van der Waals surface area contributed by atoms with Gasteiger partial charge >= 0.3 is 0 Å². The molecule has 2 rings (SSSR count). The van der Waals surface area contributed by atoms with E-state index in [1.54, 1.807) is 43.3 Å². The molecule has 0 bridgehead atoms. The maximum absolute atomic E-state index is 12.3. The topological polar surface area (TPSA) is 72.2 Å². The van der Waals surface area contributed by atoms with Crippen LogP contribution >= 0.6 is 11.6 Å². The number of nitrogen functional groups attached to an aromatic ring is 1. The summed E-state index contributed by atoms with van der Waals surface area (Å²) in [5.41, 5.74) is 7.07. The van der Waals surface area contributed by atoms with Crippen molar-refractivity contribution in [2.45, 2.75) is 11.8 Å². The summed E-state index contributed by atoms with van der Waals surface area (Å²) in [5, 5.41) is 0.462. The molecule has 4 nitrogen and oxygen atoms in total. The van der Waals surface area contributed by atoms with Crippen LogP contribution in [0.4, 0.5) is 11.4 Å². The second-order valence-electron chi connectivity index (χ2n) is 4.14. The van der Waals surface area contributed by atoms with Gasteiger partial charge in [0.15, 0.2) is 0 Å². The number of hydrogen-bond acceptors (Lipinski definition) is 3. The van der Waals surface area contributed by atoms with Crippen molar-refractivity contribution in [3.05, 3.63) is 53.1 Å². The summed E-state index contributed by atoms with van der Waals surface area (Å²) < 4.78 is 27.0. The van der Waals surface area contributed by atoms with E-state index < -0.39 is 10.0 Å². The highest BCUT2D eigenvalue weighted by atomic mass is 35.5. The molecule has 0 aliphatic carbocycles. The molecule has 0 aliphatic heterocycles. The fraction of sp³-hybridized carbons (Fsp3) is 0.0769. The van der Waals surface area contributed by atoms with Crippen molar-refractivity contribution in [2.24, 2.45) is 0 Å². The number of halogens is 1. The van der Waals surface area contributed by atoms with E-state index >= 15 is 0 Å². The molecule has 0 saturated carbocycles. The van der Waals surface area contributed by atoms with E-state index in [0.29, 0.717) is 22.0 Å². The summed E-state index contributed by atoms with van der Waals surface area (Å²) in [5.74, 6) is 0. The van der Waals surface area contributed by atoms with E-state index in [4.69, 9.17) is 17.3 Å². The minimum atomic E-state index is -3.67. The second kappa shape index (κ2) is 5.11. The third-order valence-electron chi connectivity index (χ3n) is 2.58. The highest BCUT2D eigenvalue weighted by Gasteiger charge is 2.17. The molecule has 0 amide bonds. The fourth-order valence-electron chi connectivity index (χ4n) is 1.67. The van der Waals surface area contributed by atoms with Crippen molar-refractivity contribution in [2.75, 3.05) is 10.5 Å². The van der Waals surface area contributed by atoms with Crippen molar-refractivity contribution >= 4 is 33.0 Å². The van der Waals surface area contributed by atoms with Crippen molar-refractivity contribution in [1.29, 1.82) is 0 Å². The number of anilines is 2. The molecule has 6 heteroatoms. The maximum atomic E-state index is 12.3. The van der Waals surface area contributed by atoms with Crippen molar-refractivity contribution in [3.8, 4) is 0 Å². The minimum absolute atomic E-state index is 0.160. The zero-order valence-electron chi connectivity index (χ0n) is 10.2. The smallest absolute Gasteiger partial charge is 0.262 e. The first kappa shape index (κ1) is 13.7. The Morgan fingerprint density at radius 2 is 1.89 bits per heavy atom. The number of aryl methyl sites for hydroxylation is 1. The average molecular weight is 297 g/mol. The van der Waals surface area contributed by atoms with Crippen molar-refractivity contribution in [1.82, 2.24) is 0 Å². The van der Waals surface area contributed by atoms with E-state index in [-0.39, 0.29) is 4.90 Å². The number of benzene rings is 2. The molecule has 0 atom stereocenters. The molecule has 2 aromatic rings. The van der Waals surface area contributed by atoms with Crippen LogP contribution in [-0.2, 0) is 10.0 Å². The van der Waals surface area contributed by atoms with E-state index in [9.17, 15) is 8.42 Å². The van der Waals surface area contributed by atoms with E-state index in [1.807, 2.05) is 0 Å². The predicted octanol–water partition coefficient (Wildman–Crippen LogP) is 3.03. The van der Waals surface area contributed by atoms with Gasteiger partial charge in [0, 0.05) is 10.7 Å². The molecular formula is C13H13ClN2O2S. The van der Waals surface area contributed by atoms with Crippen LogP contribution in [0, 0.1) is 6.92 Å². The van der Waals surface area contributed by atoms with Crippen molar-refractivity contribution in [3.63, 3.8) is 0 Å². The fourth-order valence-corrected chi connectivity index (χ4v) is 3.19. The van der Waals surface area contributed by atoms with Gasteiger partial charge in [0.05, 0.1) is 10.6 Å². The van der Waals surface area contributed by atoms with E-state index in [0.717, 1.165) is 0 Å². The number of rotatable bonds is 3. The lowest BCUT2D eigenvalue weighted by molar-refractivity contribution is 0.600. The summed E-state index contributed by atoms with van der Waals surface area (Å²) in [4.78, 5) is 0.160. The van der Waals surface area contributed by atoms with Gasteiger partial charge in [0.25, 0.3) is 10.0 Å². The SMILES string of the molecule is Cc1ccc(N)cc1S(=O)(=O)Nc1cccc(Cl)c1. The van der Waals surface area contributed by atoms with Gasteiger partial charge in [-0.3, -0.25) is 4.72 Å². The third-order valence-corrected chi connectivity index (χ3v) is 4.34. The molecular weight excluding hydrogens is 284 g/mol. The zero-order chi connectivity index (χ0) is 14.0. The van der Waals surface area contributed by atoms with Crippen LogP contribution in [0.1, 0.15) is 5.56 Å². The Balaban J connectivity index is 2.40. The quantitative estimate of drug-likeness (QED) is 0.855. The Kier molecular flexibility index (Phi) is 3.68. The Hall–Kier alpha value is -1.72. The van der Waals surface area contributed by atoms with Crippen molar-refractivity contribution < 1.29 is 8.42 Å².